The highest BCUT2D eigenvalue weighted by atomic mass is 79.9. The largest absolute Gasteiger partial charge is 0.418 e. The highest BCUT2D eigenvalue weighted by Gasteiger charge is 2.34. The summed E-state index contributed by atoms with van der Waals surface area (Å²) in [5.41, 5.74) is 2.55. The van der Waals surface area contributed by atoms with Gasteiger partial charge in [-0.15, -0.1) is 10.2 Å². The van der Waals surface area contributed by atoms with Crippen LogP contribution < -0.4 is 5.32 Å². The summed E-state index contributed by atoms with van der Waals surface area (Å²) in [7, 11) is 0. The monoisotopic (exact) mass is 561 g/mol. The first-order chi connectivity index (χ1) is 16.6. The molecule has 0 saturated heterocycles. The third-order valence-electron chi connectivity index (χ3n) is 5.21. The maximum atomic E-state index is 13.4. The molecule has 35 heavy (non-hydrogen) atoms. The van der Waals surface area contributed by atoms with Crippen LogP contribution in [0.5, 0.6) is 0 Å². The summed E-state index contributed by atoms with van der Waals surface area (Å²) in [6.07, 6.45) is -1.32. The minimum Gasteiger partial charge on any atom is -0.325 e. The molecule has 0 saturated carbocycles. The lowest BCUT2D eigenvalue weighted by molar-refractivity contribution is -0.137. The Balaban J connectivity index is 1.61. The second-order valence-corrected chi connectivity index (χ2v) is 9.53. The SMILES string of the molecule is Cc1ccc(-n2c(SCC(=O)Nc3ccc(Br)cc3C(F)(F)F)nnc2-c2ccncc2)cc1C. The molecule has 11 heteroatoms. The van der Waals surface area contributed by atoms with Crippen LogP contribution in [0, 0.1) is 13.8 Å². The molecule has 0 aliphatic carbocycles. The van der Waals surface area contributed by atoms with E-state index in [-0.39, 0.29) is 15.9 Å². The zero-order valence-corrected chi connectivity index (χ0v) is 21.0. The zero-order valence-electron chi connectivity index (χ0n) is 18.6. The van der Waals surface area contributed by atoms with Crippen molar-refractivity contribution in [2.75, 3.05) is 11.1 Å². The molecule has 0 unspecified atom stereocenters. The summed E-state index contributed by atoms with van der Waals surface area (Å²) in [5.74, 6) is -0.194. The molecule has 0 spiro atoms. The minimum atomic E-state index is -4.61. The van der Waals surface area contributed by atoms with E-state index >= 15 is 0 Å². The second-order valence-electron chi connectivity index (χ2n) is 7.67. The lowest BCUT2D eigenvalue weighted by Gasteiger charge is -2.14. The van der Waals surface area contributed by atoms with E-state index in [9.17, 15) is 18.0 Å². The molecular formula is C24H19BrF3N5OS. The fourth-order valence-electron chi connectivity index (χ4n) is 3.33. The number of aryl methyl sites for hydroxylation is 2. The summed E-state index contributed by atoms with van der Waals surface area (Å²) in [6.45, 7) is 4.00. The summed E-state index contributed by atoms with van der Waals surface area (Å²) in [6, 6.07) is 13.1. The predicted octanol–water partition coefficient (Wildman–Crippen LogP) is 6.46. The van der Waals surface area contributed by atoms with Crippen molar-refractivity contribution >= 4 is 39.3 Å². The number of aromatic nitrogens is 4. The average molecular weight is 562 g/mol. The van der Waals surface area contributed by atoms with Crippen LogP contribution in [0.4, 0.5) is 18.9 Å². The molecule has 1 N–H and O–H groups in total. The molecular weight excluding hydrogens is 543 g/mol. The number of nitrogens with one attached hydrogen (secondary N) is 1. The van der Waals surface area contributed by atoms with Crippen LogP contribution in [0.2, 0.25) is 0 Å². The molecule has 180 valence electrons. The van der Waals surface area contributed by atoms with Crippen LogP contribution in [0.3, 0.4) is 0 Å². The molecule has 4 rings (SSSR count). The van der Waals surface area contributed by atoms with Crippen molar-refractivity contribution in [1.29, 1.82) is 0 Å². The number of alkyl halides is 3. The van der Waals surface area contributed by atoms with Crippen molar-refractivity contribution in [3.63, 3.8) is 0 Å². The zero-order chi connectivity index (χ0) is 25.2. The Morgan fingerprint density at radius 3 is 2.46 bits per heavy atom. The van der Waals surface area contributed by atoms with Gasteiger partial charge >= 0.3 is 6.18 Å². The molecule has 1 amide bonds. The van der Waals surface area contributed by atoms with E-state index in [4.69, 9.17) is 0 Å². The third-order valence-corrected chi connectivity index (χ3v) is 6.64. The molecule has 4 aromatic rings. The van der Waals surface area contributed by atoms with Crippen LogP contribution in [-0.2, 0) is 11.0 Å². The normalized spacial score (nSPS) is 11.5. The van der Waals surface area contributed by atoms with Gasteiger partial charge in [-0.1, -0.05) is 33.8 Å². The maximum Gasteiger partial charge on any atom is 0.418 e. The molecule has 0 bridgehead atoms. The number of amides is 1. The topological polar surface area (TPSA) is 72.7 Å². The lowest BCUT2D eigenvalue weighted by atomic mass is 10.1. The molecule has 0 radical (unpaired) electrons. The van der Waals surface area contributed by atoms with Gasteiger partial charge in [-0.2, -0.15) is 13.2 Å². The Bertz CT molecular complexity index is 1380. The number of benzene rings is 2. The highest BCUT2D eigenvalue weighted by molar-refractivity contribution is 9.10. The van der Waals surface area contributed by atoms with E-state index in [2.05, 4.69) is 36.4 Å². The van der Waals surface area contributed by atoms with Gasteiger partial charge in [0.15, 0.2) is 11.0 Å². The number of hydrogen-bond acceptors (Lipinski definition) is 5. The van der Waals surface area contributed by atoms with Crippen molar-refractivity contribution in [3.05, 3.63) is 82.1 Å². The number of anilines is 1. The number of nitrogens with zero attached hydrogens (tertiary/aromatic N) is 4. The smallest absolute Gasteiger partial charge is 0.325 e. The van der Waals surface area contributed by atoms with Gasteiger partial charge in [0.25, 0.3) is 0 Å². The van der Waals surface area contributed by atoms with Crippen molar-refractivity contribution < 1.29 is 18.0 Å². The Labute approximate surface area is 212 Å². The number of hydrogen-bond donors (Lipinski definition) is 1. The first-order valence-corrected chi connectivity index (χ1v) is 12.1. The van der Waals surface area contributed by atoms with Gasteiger partial charge in [-0.05, 0) is 67.4 Å². The van der Waals surface area contributed by atoms with Crippen LogP contribution >= 0.6 is 27.7 Å². The number of carbonyl (C=O) groups excluding carboxylic acids is 1. The Hall–Kier alpha value is -3.18. The Morgan fingerprint density at radius 1 is 1.03 bits per heavy atom. The van der Waals surface area contributed by atoms with E-state index in [1.165, 1.54) is 12.1 Å². The number of carbonyl (C=O) groups is 1. The van der Waals surface area contributed by atoms with Gasteiger partial charge < -0.3 is 5.32 Å². The molecule has 0 aliphatic rings. The van der Waals surface area contributed by atoms with Crippen molar-refractivity contribution in [3.8, 4) is 17.1 Å². The molecule has 2 aromatic carbocycles. The third kappa shape index (κ3) is 5.73. The summed E-state index contributed by atoms with van der Waals surface area (Å²) in [4.78, 5) is 16.6. The lowest BCUT2D eigenvalue weighted by Crippen LogP contribution is -2.18. The highest BCUT2D eigenvalue weighted by Crippen LogP contribution is 2.37. The molecule has 2 aromatic heterocycles. The summed E-state index contributed by atoms with van der Waals surface area (Å²) < 4.78 is 42.3. The van der Waals surface area contributed by atoms with Crippen LogP contribution in [-0.4, -0.2) is 31.4 Å². The number of thioether (sulfide) groups is 1. The van der Waals surface area contributed by atoms with Gasteiger partial charge in [0.1, 0.15) is 0 Å². The number of pyridine rings is 1. The summed E-state index contributed by atoms with van der Waals surface area (Å²) in [5, 5.41) is 11.4. The first-order valence-electron chi connectivity index (χ1n) is 10.4. The van der Waals surface area contributed by atoms with E-state index < -0.39 is 17.6 Å². The van der Waals surface area contributed by atoms with Gasteiger partial charge in [-0.3, -0.25) is 14.3 Å². The second kappa shape index (κ2) is 10.2. The molecule has 2 heterocycles. The molecule has 6 nitrogen and oxygen atoms in total. The standard InChI is InChI=1S/C24H19BrF3N5OS/c1-14-3-5-18(11-15(14)2)33-22(16-7-9-29-10-8-16)31-32-23(33)35-13-21(34)30-20-6-4-17(25)12-19(20)24(26,27)28/h3-12H,13H2,1-2H3,(H,30,34). The minimum absolute atomic E-state index is 0.160. The average Bonchev–Trinajstić information content (AvgIpc) is 3.24. The van der Waals surface area contributed by atoms with Gasteiger partial charge in [0, 0.05) is 22.4 Å². The fourth-order valence-corrected chi connectivity index (χ4v) is 4.44. The Kier molecular flexibility index (Phi) is 7.27. The van der Waals surface area contributed by atoms with Crippen LogP contribution in [0.25, 0.3) is 17.1 Å². The van der Waals surface area contributed by atoms with E-state index in [1.807, 2.05) is 36.6 Å². The van der Waals surface area contributed by atoms with Crippen molar-refractivity contribution in [2.24, 2.45) is 0 Å². The van der Waals surface area contributed by atoms with Crippen molar-refractivity contribution in [2.45, 2.75) is 25.2 Å². The van der Waals surface area contributed by atoms with Crippen LogP contribution in [0.15, 0.2) is 70.6 Å². The van der Waals surface area contributed by atoms with E-state index in [1.54, 1.807) is 24.5 Å². The van der Waals surface area contributed by atoms with Crippen molar-refractivity contribution in [1.82, 2.24) is 19.7 Å². The molecule has 0 atom stereocenters. The predicted molar refractivity (Wildman–Crippen MR) is 133 cm³/mol. The maximum absolute atomic E-state index is 13.4. The van der Waals surface area contributed by atoms with Gasteiger partial charge in [-0.25, -0.2) is 0 Å². The molecule has 0 fully saturated rings. The van der Waals surface area contributed by atoms with Gasteiger partial charge in [0.2, 0.25) is 5.91 Å². The fraction of sp³-hybridized carbons (Fsp3) is 0.167. The number of halogens is 4. The first kappa shape index (κ1) is 24.9. The quantitative estimate of drug-likeness (QED) is 0.273. The van der Waals surface area contributed by atoms with E-state index in [0.717, 1.165) is 40.2 Å². The molecule has 0 aliphatic heterocycles. The van der Waals surface area contributed by atoms with Gasteiger partial charge in [0.05, 0.1) is 22.7 Å². The summed E-state index contributed by atoms with van der Waals surface area (Å²) >= 11 is 4.12. The number of rotatable bonds is 6. The van der Waals surface area contributed by atoms with E-state index in [0.29, 0.717) is 11.0 Å². The Morgan fingerprint density at radius 2 is 1.77 bits per heavy atom. The van der Waals surface area contributed by atoms with Crippen LogP contribution in [0.1, 0.15) is 16.7 Å².